The van der Waals surface area contributed by atoms with Gasteiger partial charge >= 0.3 is 0 Å². The maximum Gasteiger partial charge on any atom is 0.0958 e. The van der Waals surface area contributed by atoms with E-state index in [-0.39, 0.29) is 12.4 Å². The van der Waals surface area contributed by atoms with Crippen LogP contribution in [0.5, 0.6) is 0 Å². The summed E-state index contributed by atoms with van der Waals surface area (Å²) in [7, 11) is 0. The van der Waals surface area contributed by atoms with Gasteiger partial charge in [-0.15, -0.1) is 12.4 Å². The Labute approximate surface area is 83.0 Å². The van der Waals surface area contributed by atoms with E-state index in [9.17, 15) is 0 Å². The van der Waals surface area contributed by atoms with E-state index in [0.29, 0.717) is 0 Å². The topological polar surface area (TPSA) is 43.8 Å². The summed E-state index contributed by atoms with van der Waals surface area (Å²) in [4.78, 5) is 4.23. The van der Waals surface area contributed by atoms with Crippen molar-refractivity contribution in [1.82, 2.24) is 9.55 Å². The predicted octanol–water partition coefficient (Wildman–Crippen LogP) is 2.06. The number of benzene rings is 1. The molecular formula is C9H12ClN3. The van der Waals surface area contributed by atoms with Crippen LogP contribution in [-0.2, 0) is 6.54 Å². The highest BCUT2D eigenvalue weighted by Gasteiger charge is 1.99. The van der Waals surface area contributed by atoms with E-state index in [4.69, 9.17) is 5.73 Å². The van der Waals surface area contributed by atoms with Gasteiger partial charge in [0.1, 0.15) is 0 Å². The van der Waals surface area contributed by atoms with Gasteiger partial charge in [0.05, 0.1) is 17.4 Å². The van der Waals surface area contributed by atoms with Gasteiger partial charge < -0.3 is 10.3 Å². The first-order valence-corrected chi connectivity index (χ1v) is 4.01. The molecule has 1 aromatic carbocycles. The van der Waals surface area contributed by atoms with Crippen molar-refractivity contribution in [2.45, 2.75) is 13.5 Å². The molecule has 0 amide bonds. The third kappa shape index (κ3) is 1.60. The van der Waals surface area contributed by atoms with E-state index in [2.05, 4.69) is 16.5 Å². The number of nitrogen functional groups attached to an aromatic ring is 1. The Morgan fingerprint density at radius 2 is 2.23 bits per heavy atom. The van der Waals surface area contributed by atoms with Crippen molar-refractivity contribution in [3.63, 3.8) is 0 Å². The third-order valence-corrected chi connectivity index (χ3v) is 1.99. The quantitative estimate of drug-likeness (QED) is 0.712. The summed E-state index contributed by atoms with van der Waals surface area (Å²) >= 11 is 0. The van der Waals surface area contributed by atoms with Crippen LogP contribution < -0.4 is 5.73 Å². The summed E-state index contributed by atoms with van der Waals surface area (Å²) in [5.74, 6) is 0. The summed E-state index contributed by atoms with van der Waals surface area (Å²) in [6, 6.07) is 5.79. The van der Waals surface area contributed by atoms with Crippen molar-refractivity contribution < 1.29 is 0 Å². The third-order valence-electron chi connectivity index (χ3n) is 1.99. The monoisotopic (exact) mass is 197 g/mol. The van der Waals surface area contributed by atoms with E-state index < -0.39 is 0 Å². The number of nitrogens with two attached hydrogens (primary N) is 1. The minimum atomic E-state index is 0. The number of hydrogen-bond donors (Lipinski definition) is 1. The van der Waals surface area contributed by atoms with Gasteiger partial charge in [0, 0.05) is 12.2 Å². The zero-order valence-corrected chi connectivity index (χ0v) is 8.21. The molecule has 0 unspecified atom stereocenters. The van der Waals surface area contributed by atoms with Gasteiger partial charge in [0.2, 0.25) is 0 Å². The van der Waals surface area contributed by atoms with Crippen LogP contribution in [0.25, 0.3) is 11.0 Å². The van der Waals surface area contributed by atoms with Gasteiger partial charge in [-0.1, -0.05) is 0 Å². The summed E-state index contributed by atoms with van der Waals surface area (Å²) in [6.07, 6.45) is 1.84. The molecule has 70 valence electrons. The molecule has 1 aromatic heterocycles. The Bertz CT molecular complexity index is 408. The molecular weight excluding hydrogens is 186 g/mol. The average molecular weight is 198 g/mol. The number of rotatable bonds is 1. The summed E-state index contributed by atoms with van der Waals surface area (Å²) < 4.78 is 2.09. The van der Waals surface area contributed by atoms with E-state index in [1.54, 1.807) is 0 Å². The molecule has 0 radical (unpaired) electrons. The molecule has 0 fully saturated rings. The summed E-state index contributed by atoms with van der Waals surface area (Å²) in [6.45, 7) is 3.04. The molecule has 1 heterocycles. The lowest BCUT2D eigenvalue weighted by molar-refractivity contribution is 0.787. The van der Waals surface area contributed by atoms with Crippen molar-refractivity contribution in [2.24, 2.45) is 0 Å². The Hall–Kier alpha value is -1.22. The highest BCUT2D eigenvalue weighted by Crippen LogP contribution is 2.15. The number of imidazole rings is 1. The van der Waals surface area contributed by atoms with Crippen molar-refractivity contribution in [3.05, 3.63) is 24.5 Å². The fraction of sp³-hybridized carbons (Fsp3) is 0.222. The average Bonchev–Trinajstić information content (AvgIpc) is 2.46. The van der Waals surface area contributed by atoms with Gasteiger partial charge in [-0.25, -0.2) is 4.98 Å². The molecule has 0 aliphatic heterocycles. The van der Waals surface area contributed by atoms with Gasteiger partial charge in [-0.3, -0.25) is 0 Å². The maximum absolute atomic E-state index is 5.63. The van der Waals surface area contributed by atoms with E-state index in [1.165, 1.54) is 0 Å². The second kappa shape index (κ2) is 3.66. The lowest BCUT2D eigenvalue weighted by atomic mass is 10.3. The van der Waals surface area contributed by atoms with Gasteiger partial charge in [-0.2, -0.15) is 0 Å². The number of fused-ring (bicyclic) bond motifs is 1. The zero-order chi connectivity index (χ0) is 8.55. The number of nitrogens with zero attached hydrogens (tertiary/aromatic N) is 2. The fourth-order valence-corrected chi connectivity index (χ4v) is 1.33. The molecule has 2 rings (SSSR count). The van der Waals surface area contributed by atoms with Crippen LogP contribution in [0.3, 0.4) is 0 Å². The summed E-state index contributed by atoms with van der Waals surface area (Å²) in [5, 5.41) is 0. The first kappa shape index (κ1) is 9.86. The van der Waals surface area contributed by atoms with Crippen molar-refractivity contribution in [1.29, 1.82) is 0 Å². The molecule has 0 saturated heterocycles. The van der Waals surface area contributed by atoms with Gasteiger partial charge in [0.25, 0.3) is 0 Å². The Morgan fingerprint density at radius 1 is 1.46 bits per heavy atom. The highest BCUT2D eigenvalue weighted by molar-refractivity contribution is 5.85. The molecule has 2 N–H and O–H groups in total. The first-order valence-electron chi connectivity index (χ1n) is 4.01. The smallest absolute Gasteiger partial charge is 0.0958 e. The highest BCUT2D eigenvalue weighted by atomic mass is 35.5. The molecule has 3 nitrogen and oxygen atoms in total. The Balaban J connectivity index is 0.000000845. The molecule has 0 saturated carbocycles. The van der Waals surface area contributed by atoms with Crippen LogP contribution in [0.15, 0.2) is 24.5 Å². The zero-order valence-electron chi connectivity index (χ0n) is 7.40. The van der Waals surface area contributed by atoms with Crippen molar-refractivity contribution in [3.8, 4) is 0 Å². The molecule has 0 atom stereocenters. The second-order valence-electron chi connectivity index (χ2n) is 2.78. The lowest BCUT2D eigenvalue weighted by Gasteiger charge is -1.98. The SMILES string of the molecule is CCn1cnc2cc(N)ccc21.Cl. The van der Waals surface area contributed by atoms with Gasteiger partial charge in [-0.05, 0) is 25.1 Å². The minimum absolute atomic E-state index is 0. The van der Waals surface area contributed by atoms with Crippen LogP contribution in [0.4, 0.5) is 5.69 Å². The maximum atomic E-state index is 5.63. The van der Waals surface area contributed by atoms with E-state index >= 15 is 0 Å². The van der Waals surface area contributed by atoms with Crippen LogP contribution in [0, 0.1) is 0 Å². The molecule has 0 aliphatic carbocycles. The van der Waals surface area contributed by atoms with Crippen molar-refractivity contribution in [2.75, 3.05) is 5.73 Å². The normalized spacial score (nSPS) is 9.92. The number of aryl methyl sites for hydroxylation is 1. The number of halogens is 1. The number of hydrogen-bond acceptors (Lipinski definition) is 2. The molecule has 13 heavy (non-hydrogen) atoms. The van der Waals surface area contributed by atoms with Crippen molar-refractivity contribution >= 4 is 29.1 Å². The Kier molecular flexibility index (Phi) is 2.78. The lowest BCUT2D eigenvalue weighted by Crippen LogP contribution is -1.90. The molecule has 0 spiro atoms. The van der Waals surface area contributed by atoms with Gasteiger partial charge in [0.15, 0.2) is 0 Å². The number of anilines is 1. The van der Waals surface area contributed by atoms with Crippen LogP contribution in [-0.4, -0.2) is 9.55 Å². The number of aromatic nitrogens is 2. The fourth-order valence-electron chi connectivity index (χ4n) is 1.33. The molecule has 0 bridgehead atoms. The van der Waals surface area contributed by atoms with E-state index in [0.717, 1.165) is 23.3 Å². The van der Waals surface area contributed by atoms with Crippen LogP contribution in [0.2, 0.25) is 0 Å². The predicted molar refractivity (Wildman–Crippen MR) is 57.1 cm³/mol. The first-order chi connectivity index (χ1) is 5.81. The second-order valence-corrected chi connectivity index (χ2v) is 2.78. The van der Waals surface area contributed by atoms with Crippen LogP contribution >= 0.6 is 12.4 Å². The minimum Gasteiger partial charge on any atom is -0.399 e. The standard InChI is InChI=1S/C9H11N3.ClH/c1-2-12-6-11-8-5-7(10)3-4-9(8)12;/h3-6H,2,10H2,1H3;1H. The Morgan fingerprint density at radius 3 is 2.92 bits per heavy atom. The molecule has 4 heteroatoms. The summed E-state index contributed by atoms with van der Waals surface area (Å²) in [5.41, 5.74) is 8.51. The largest absolute Gasteiger partial charge is 0.399 e. The van der Waals surface area contributed by atoms with Crippen LogP contribution in [0.1, 0.15) is 6.92 Å². The van der Waals surface area contributed by atoms with E-state index in [1.807, 2.05) is 24.5 Å². The molecule has 0 aliphatic rings. The molecule has 2 aromatic rings.